The van der Waals surface area contributed by atoms with Gasteiger partial charge in [-0.25, -0.2) is 0 Å². The summed E-state index contributed by atoms with van der Waals surface area (Å²) < 4.78 is 5.19. The maximum atomic E-state index is 10.5. The van der Waals surface area contributed by atoms with Crippen molar-refractivity contribution in [2.24, 2.45) is 5.73 Å². The Balaban J connectivity index is 2.78. The van der Waals surface area contributed by atoms with Gasteiger partial charge in [-0.15, -0.1) is 0 Å². The average Bonchev–Trinajstić information content (AvgIpc) is 2.20. The molecular weight excluding hydrogens is 190 g/mol. The number of nitrogens with two attached hydrogens (primary N) is 1. The van der Waals surface area contributed by atoms with Crippen LogP contribution in [0.1, 0.15) is 17.5 Å². The van der Waals surface area contributed by atoms with Gasteiger partial charge in [0.25, 0.3) is 0 Å². The lowest BCUT2D eigenvalue weighted by Crippen LogP contribution is -2.07. The predicted molar refractivity (Wildman–Crippen MR) is 60.6 cm³/mol. The number of carbonyl (C=O) groups is 1. The van der Waals surface area contributed by atoms with Crippen molar-refractivity contribution in [3.05, 3.63) is 35.4 Å². The molecule has 1 aromatic carbocycles. The lowest BCUT2D eigenvalue weighted by atomic mass is 10.1. The van der Waals surface area contributed by atoms with Gasteiger partial charge in [0.2, 0.25) is 5.91 Å². The van der Waals surface area contributed by atoms with E-state index in [-0.39, 0.29) is 12.3 Å². The van der Waals surface area contributed by atoms with Crippen LogP contribution in [-0.4, -0.2) is 13.0 Å². The summed E-state index contributed by atoms with van der Waals surface area (Å²) in [5.41, 5.74) is 7.11. The standard InChI is InChI=1S/C12H15NO2/c1-9-6-7-10(8-11(9)15-2)4-3-5-12(13)14/h3-4,6-8H,5H2,1-2H3,(H2,13,14). The van der Waals surface area contributed by atoms with E-state index in [0.717, 1.165) is 16.9 Å². The summed E-state index contributed by atoms with van der Waals surface area (Å²) in [7, 11) is 1.64. The minimum Gasteiger partial charge on any atom is -0.496 e. The molecule has 0 saturated heterocycles. The van der Waals surface area contributed by atoms with E-state index in [9.17, 15) is 4.79 Å². The van der Waals surface area contributed by atoms with Crippen LogP contribution in [0.4, 0.5) is 0 Å². The van der Waals surface area contributed by atoms with Crippen LogP contribution in [0.5, 0.6) is 5.75 Å². The summed E-state index contributed by atoms with van der Waals surface area (Å²) in [5, 5.41) is 0. The molecule has 80 valence electrons. The molecule has 0 aliphatic heterocycles. The molecule has 0 atom stereocenters. The van der Waals surface area contributed by atoms with Crippen LogP contribution in [0.3, 0.4) is 0 Å². The van der Waals surface area contributed by atoms with Crippen LogP contribution in [0.15, 0.2) is 24.3 Å². The summed E-state index contributed by atoms with van der Waals surface area (Å²) in [5.74, 6) is 0.515. The van der Waals surface area contributed by atoms with Gasteiger partial charge in [0.15, 0.2) is 0 Å². The van der Waals surface area contributed by atoms with Crippen molar-refractivity contribution < 1.29 is 9.53 Å². The zero-order valence-electron chi connectivity index (χ0n) is 8.99. The van der Waals surface area contributed by atoms with E-state index >= 15 is 0 Å². The number of hydrogen-bond acceptors (Lipinski definition) is 2. The molecule has 2 N–H and O–H groups in total. The Bertz CT molecular complexity index is 383. The lowest BCUT2D eigenvalue weighted by Gasteiger charge is -2.04. The molecule has 0 aliphatic rings. The molecule has 3 heteroatoms. The number of benzene rings is 1. The first kappa shape index (κ1) is 11.3. The lowest BCUT2D eigenvalue weighted by molar-refractivity contribution is -0.117. The topological polar surface area (TPSA) is 52.3 Å². The average molecular weight is 205 g/mol. The zero-order chi connectivity index (χ0) is 11.3. The van der Waals surface area contributed by atoms with Gasteiger partial charge in [-0.05, 0) is 24.1 Å². The predicted octanol–water partition coefficient (Wildman–Crippen LogP) is 1.89. The second-order valence-corrected chi connectivity index (χ2v) is 3.30. The van der Waals surface area contributed by atoms with Gasteiger partial charge in [-0.2, -0.15) is 0 Å². The Morgan fingerprint density at radius 3 is 2.87 bits per heavy atom. The third kappa shape index (κ3) is 3.46. The van der Waals surface area contributed by atoms with Crippen molar-refractivity contribution in [3.8, 4) is 5.75 Å². The first-order valence-corrected chi connectivity index (χ1v) is 4.73. The molecule has 0 fully saturated rings. The minimum absolute atomic E-state index is 0.260. The fourth-order valence-electron chi connectivity index (χ4n) is 1.25. The van der Waals surface area contributed by atoms with Crippen LogP contribution in [-0.2, 0) is 4.79 Å². The number of ether oxygens (including phenoxy) is 1. The van der Waals surface area contributed by atoms with Crippen LogP contribution < -0.4 is 10.5 Å². The molecule has 0 aliphatic carbocycles. The van der Waals surface area contributed by atoms with Gasteiger partial charge < -0.3 is 10.5 Å². The quantitative estimate of drug-likeness (QED) is 0.816. The Morgan fingerprint density at radius 1 is 1.53 bits per heavy atom. The first-order valence-electron chi connectivity index (χ1n) is 4.73. The van der Waals surface area contributed by atoms with E-state index in [1.54, 1.807) is 13.2 Å². The molecule has 1 amide bonds. The zero-order valence-corrected chi connectivity index (χ0v) is 8.99. The van der Waals surface area contributed by atoms with Crippen molar-refractivity contribution in [2.45, 2.75) is 13.3 Å². The number of aryl methyl sites for hydroxylation is 1. The van der Waals surface area contributed by atoms with Crippen molar-refractivity contribution in [1.82, 2.24) is 0 Å². The van der Waals surface area contributed by atoms with E-state index < -0.39 is 0 Å². The fraction of sp³-hybridized carbons (Fsp3) is 0.250. The minimum atomic E-state index is -0.328. The molecule has 0 aromatic heterocycles. The van der Waals surface area contributed by atoms with Gasteiger partial charge in [0.1, 0.15) is 5.75 Å². The van der Waals surface area contributed by atoms with Gasteiger partial charge in [-0.3, -0.25) is 4.79 Å². The molecule has 15 heavy (non-hydrogen) atoms. The highest BCUT2D eigenvalue weighted by atomic mass is 16.5. The molecule has 0 heterocycles. The van der Waals surface area contributed by atoms with Gasteiger partial charge >= 0.3 is 0 Å². The maximum Gasteiger partial charge on any atom is 0.221 e. The second kappa shape index (κ2) is 5.20. The molecule has 0 spiro atoms. The molecule has 0 unspecified atom stereocenters. The van der Waals surface area contributed by atoms with E-state index in [1.165, 1.54) is 0 Å². The van der Waals surface area contributed by atoms with E-state index in [2.05, 4.69) is 0 Å². The third-order valence-corrected chi connectivity index (χ3v) is 2.06. The van der Waals surface area contributed by atoms with Crippen molar-refractivity contribution >= 4 is 12.0 Å². The first-order chi connectivity index (χ1) is 7.13. The molecule has 0 bridgehead atoms. The van der Waals surface area contributed by atoms with Crippen LogP contribution >= 0.6 is 0 Å². The summed E-state index contributed by atoms with van der Waals surface area (Å²) in [6, 6.07) is 5.87. The molecule has 3 nitrogen and oxygen atoms in total. The second-order valence-electron chi connectivity index (χ2n) is 3.30. The highest BCUT2D eigenvalue weighted by Gasteiger charge is 1.97. The summed E-state index contributed by atoms with van der Waals surface area (Å²) in [4.78, 5) is 10.5. The van der Waals surface area contributed by atoms with E-state index in [0.29, 0.717) is 0 Å². The normalized spacial score (nSPS) is 10.5. The Labute approximate surface area is 89.5 Å². The fourth-order valence-corrected chi connectivity index (χ4v) is 1.25. The molecule has 0 radical (unpaired) electrons. The summed E-state index contributed by atoms with van der Waals surface area (Å²) in [6.07, 6.45) is 3.86. The molecule has 0 saturated carbocycles. The highest BCUT2D eigenvalue weighted by Crippen LogP contribution is 2.19. The number of rotatable bonds is 4. The van der Waals surface area contributed by atoms with Crippen molar-refractivity contribution in [1.29, 1.82) is 0 Å². The Morgan fingerprint density at radius 2 is 2.27 bits per heavy atom. The number of hydrogen-bond donors (Lipinski definition) is 1. The van der Waals surface area contributed by atoms with Crippen molar-refractivity contribution in [3.63, 3.8) is 0 Å². The molecule has 1 aromatic rings. The summed E-state index contributed by atoms with van der Waals surface area (Å²) >= 11 is 0. The van der Waals surface area contributed by atoms with E-state index in [4.69, 9.17) is 10.5 Å². The van der Waals surface area contributed by atoms with E-state index in [1.807, 2.05) is 31.2 Å². The van der Waals surface area contributed by atoms with Crippen LogP contribution in [0.25, 0.3) is 6.08 Å². The number of methoxy groups -OCH3 is 1. The molecular formula is C12H15NO2. The number of carbonyl (C=O) groups excluding carboxylic acids is 1. The largest absolute Gasteiger partial charge is 0.496 e. The SMILES string of the molecule is COc1cc(C=CCC(N)=O)ccc1C. The van der Waals surface area contributed by atoms with Gasteiger partial charge in [-0.1, -0.05) is 24.3 Å². The summed E-state index contributed by atoms with van der Waals surface area (Å²) in [6.45, 7) is 1.98. The third-order valence-electron chi connectivity index (χ3n) is 2.06. The monoisotopic (exact) mass is 205 g/mol. The van der Waals surface area contributed by atoms with Crippen LogP contribution in [0, 0.1) is 6.92 Å². The van der Waals surface area contributed by atoms with Crippen LogP contribution in [0.2, 0.25) is 0 Å². The van der Waals surface area contributed by atoms with Gasteiger partial charge in [0, 0.05) is 6.42 Å². The number of amides is 1. The number of primary amides is 1. The maximum absolute atomic E-state index is 10.5. The van der Waals surface area contributed by atoms with Gasteiger partial charge in [0.05, 0.1) is 7.11 Å². The molecule has 1 rings (SSSR count). The smallest absolute Gasteiger partial charge is 0.221 e. The van der Waals surface area contributed by atoms with Crippen molar-refractivity contribution in [2.75, 3.05) is 7.11 Å². The highest BCUT2D eigenvalue weighted by molar-refractivity contribution is 5.76. The Kier molecular flexibility index (Phi) is 3.92. The Hall–Kier alpha value is -1.77.